The van der Waals surface area contributed by atoms with Crippen molar-refractivity contribution in [2.45, 2.75) is 37.5 Å². The molecule has 0 amide bonds. The van der Waals surface area contributed by atoms with Gasteiger partial charge in [0.15, 0.2) is 5.82 Å². The number of pyridine rings is 1. The van der Waals surface area contributed by atoms with Gasteiger partial charge in [-0.3, -0.25) is 4.98 Å². The molecule has 0 atom stereocenters. The second kappa shape index (κ2) is 5.94. The second-order valence-electron chi connectivity index (χ2n) is 6.64. The summed E-state index contributed by atoms with van der Waals surface area (Å²) in [5, 5.41) is 8.16. The van der Waals surface area contributed by atoms with Gasteiger partial charge >= 0.3 is 6.01 Å². The van der Waals surface area contributed by atoms with Gasteiger partial charge in [-0.25, -0.2) is 0 Å². The van der Waals surface area contributed by atoms with Crippen molar-refractivity contribution >= 4 is 6.01 Å². The summed E-state index contributed by atoms with van der Waals surface area (Å²) in [6.45, 7) is 1.69. The van der Waals surface area contributed by atoms with Gasteiger partial charge in [-0.15, -0.1) is 0 Å². The number of anilines is 1. The smallest absolute Gasteiger partial charge is 0.324 e. The van der Waals surface area contributed by atoms with Crippen LogP contribution in [0, 0.1) is 0 Å². The lowest BCUT2D eigenvalue weighted by atomic mass is 9.97. The molecule has 1 saturated heterocycles. The lowest BCUT2D eigenvalue weighted by Gasteiger charge is -2.28. The number of hydrogen-bond donors (Lipinski definition) is 0. The summed E-state index contributed by atoms with van der Waals surface area (Å²) in [4.78, 5) is 15.5. The van der Waals surface area contributed by atoms with Crippen LogP contribution < -0.4 is 4.90 Å². The highest BCUT2D eigenvalue weighted by Crippen LogP contribution is 2.39. The minimum Gasteiger partial charge on any atom is -0.339 e. The molecule has 2 aliphatic rings. The molecule has 1 aliphatic carbocycles. The van der Waals surface area contributed by atoms with Crippen LogP contribution in [0.5, 0.6) is 0 Å². The van der Waals surface area contributed by atoms with E-state index in [1.165, 1.54) is 12.8 Å². The maximum atomic E-state index is 5.47. The molecule has 0 aromatic carbocycles. The van der Waals surface area contributed by atoms with Crippen LogP contribution in [0.4, 0.5) is 6.01 Å². The molecule has 8 heteroatoms. The largest absolute Gasteiger partial charge is 0.339 e. The molecule has 128 valence electrons. The van der Waals surface area contributed by atoms with Gasteiger partial charge in [0.2, 0.25) is 11.7 Å². The van der Waals surface area contributed by atoms with Crippen molar-refractivity contribution < 1.29 is 9.05 Å². The third kappa shape index (κ3) is 2.88. The maximum absolute atomic E-state index is 5.47. The molecule has 5 rings (SSSR count). The van der Waals surface area contributed by atoms with Crippen LogP contribution in [0.2, 0.25) is 0 Å². The van der Waals surface area contributed by atoms with E-state index in [0.29, 0.717) is 23.6 Å². The van der Waals surface area contributed by atoms with Gasteiger partial charge in [-0.2, -0.15) is 9.97 Å². The van der Waals surface area contributed by atoms with Gasteiger partial charge < -0.3 is 13.9 Å². The standard InChI is InChI=1S/C17H18N6O2/c1-2-8-18-13(3-1)15-19-16(24-22-15)12-6-9-23(10-7-12)17-20-14(21-25-17)11-4-5-11/h1-3,8,11-12H,4-7,9-10H2. The van der Waals surface area contributed by atoms with E-state index in [-0.39, 0.29) is 5.92 Å². The Balaban J connectivity index is 1.25. The lowest BCUT2D eigenvalue weighted by molar-refractivity contribution is 0.322. The van der Waals surface area contributed by atoms with E-state index in [2.05, 4.69) is 30.2 Å². The van der Waals surface area contributed by atoms with E-state index >= 15 is 0 Å². The number of rotatable bonds is 4. The van der Waals surface area contributed by atoms with Crippen LogP contribution in [0.25, 0.3) is 11.5 Å². The van der Waals surface area contributed by atoms with Crippen LogP contribution in [0.1, 0.15) is 49.2 Å². The van der Waals surface area contributed by atoms with Gasteiger partial charge in [0.1, 0.15) is 5.69 Å². The molecule has 0 spiro atoms. The Hall–Kier alpha value is -2.77. The van der Waals surface area contributed by atoms with Crippen molar-refractivity contribution in [3.05, 3.63) is 36.1 Å². The fraction of sp³-hybridized carbons (Fsp3) is 0.471. The third-order valence-corrected chi connectivity index (χ3v) is 4.82. The fourth-order valence-electron chi connectivity index (χ4n) is 3.18. The summed E-state index contributed by atoms with van der Waals surface area (Å²) < 4.78 is 10.9. The normalized spacial score (nSPS) is 18.6. The lowest BCUT2D eigenvalue weighted by Crippen LogP contribution is -2.33. The zero-order chi connectivity index (χ0) is 16.6. The van der Waals surface area contributed by atoms with E-state index in [1.807, 2.05) is 18.2 Å². The number of piperidine rings is 1. The number of hydrogen-bond acceptors (Lipinski definition) is 8. The molecule has 4 heterocycles. The minimum absolute atomic E-state index is 0.257. The first-order valence-electron chi connectivity index (χ1n) is 8.70. The van der Waals surface area contributed by atoms with E-state index in [0.717, 1.165) is 37.4 Å². The molecule has 0 N–H and O–H groups in total. The Morgan fingerprint density at radius 3 is 2.56 bits per heavy atom. The molecule has 25 heavy (non-hydrogen) atoms. The second-order valence-corrected chi connectivity index (χ2v) is 6.64. The van der Waals surface area contributed by atoms with Crippen LogP contribution in [0.15, 0.2) is 33.4 Å². The van der Waals surface area contributed by atoms with Crippen LogP contribution in [-0.4, -0.2) is 38.4 Å². The number of nitrogens with zero attached hydrogens (tertiary/aromatic N) is 6. The summed E-state index contributed by atoms with van der Waals surface area (Å²) in [6, 6.07) is 6.30. The summed E-state index contributed by atoms with van der Waals surface area (Å²) in [6.07, 6.45) is 5.92. The van der Waals surface area contributed by atoms with Crippen LogP contribution in [0.3, 0.4) is 0 Å². The van der Waals surface area contributed by atoms with E-state index in [4.69, 9.17) is 9.05 Å². The molecule has 3 aromatic heterocycles. The Bertz CT molecular complexity index is 849. The molecule has 8 nitrogen and oxygen atoms in total. The van der Waals surface area contributed by atoms with Crippen molar-refractivity contribution in [3.63, 3.8) is 0 Å². The fourth-order valence-corrected chi connectivity index (χ4v) is 3.18. The SMILES string of the molecule is c1ccc(-c2noc(C3CCN(c4nc(C5CC5)no4)CC3)n2)nc1. The van der Waals surface area contributed by atoms with Gasteiger partial charge in [0.25, 0.3) is 0 Å². The van der Waals surface area contributed by atoms with Crippen molar-refractivity contribution in [1.82, 2.24) is 25.3 Å². The van der Waals surface area contributed by atoms with Gasteiger partial charge in [-0.05, 0) is 37.8 Å². The van der Waals surface area contributed by atoms with Gasteiger partial charge in [0.05, 0.1) is 0 Å². The highest BCUT2D eigenvalue weighted by Gasteiger charge is 2.31. The van der Waals surface area contributed by atoms with Gasteiger partial charge in [-0.1, -0.05) is 16.4 Å². The third-order valence-electron chi connectivity index (χ3n) is 4.82. The topological polar surface area (TPSA) is 94.0 Å². The average molecular weight is 338 g/mol. The summed E-state index contributed by atoms with van der Waals surface area (Å²) >= 11 is 0. The molecule has 0 bridgehead atoms. The molecule has 1 aliphatic heterocycles. The minimum atomic E-state index is 0.257. The van der Waals surface area contributed by atoms with E-state index in [9.17, 15) is 0 Å². The zero-order valence-electron chi connectivity index (χ0n) is 13.7. The highest BCUT2D eigenvalue weighted by atomic mass is 16.5. The molecular formula is C17H18N6O2. The first-order valence-corrected chi connectivity index (χ1v) is 8.70. The first-order chi connectivity index (χ1) is 12.4. The Morgan fingerprint density at radius 2 is 1.80 bits per heavy atom. The van der Waals surface area contributed by atoms with E-state index in [1.54, 1.807) is 6.20 Å². The van der Waals surface area contributed by atoms with Gasteiger partial charge in [0, 0.05) is 31.1 Å². The monoisotopic (exact) mass is 338 g/mol. The summed E-state index contributed by atoms with van der Waals surface area (Å²) in [5.74, 6) is 2.85. The van der Waals surface area contributed by atoms with Crippen LogP contribution >= 0.6 is 0 Å². The Morgan fingerprint density at radius 1 is 0.920 bits per heavy atom. The molecule has 0 radical (unpaired) electrons. The Labute approximate surface area is 144 Å². The quantitative estimate of drug-likeness (QED) is 0.717. The molecule has 1 saturated carbocycles. The van der Waals surface area contributed by atoms with Crippen molar-refractivity contribution in [2.24, 2.45) is 0 Å². The van der Waals surface area contributed by atoms with Crippen molar-refractivity contribution in [1.29, 1.82) is 0 Å². The van der Waals surface area contributed by atoms with E-state index < -0.39 is 0 Å². The molecular weight excluding hydrogens is 320 g/mol. The average Bonchev–Trinajstić information content (AvgIpc) is 3.21. The summed E-state index contributed by atoms with van der Waals surface area (Å²) in [7, 11) is 0. The van der Waals surface area contributed by atoms with Crippen LogP contribution in [-0.2, 0) is 0 Å². The number of aromatic nitrogens is 5. The molecule has 0 unspecified atom stereocenters. The summed E-state index contributed by atoms with van der Waals surface area (Å²) in [5.41, 5.74) is 0.730. The molecule has 3 aromatic rings. The molecule has 2 fully saturated rings. The predicted molar refractivity (Wildman–Crippen MR) is 88.0 cm³/mol. The Kier molecular flexibility index (Phi) is 3.46. The maximum Gasteiger partial charge on any atom is 0.324 e. The zero-order valence-corrected chi connectivity index (χ0v) is 13.7. The first kappa shape index (κ1) is 14.6. The van der Waals surface area contributed by atoms with Crippen molar-refractivity contribution in [3.8, 4) is 11.5 Å². The highest BCUT2D eigenvalue weighted by molar-refractivity contribution is 5.47. The van der Waals surface area contributed by atoms with Crippen molar-refractivity contribution in [2.75, 3.05) is 18.0 Å². The predicted octanol–water partition coefficient (Wildman–Crippen LogP) is 2.78.